The van der Waals surface area contributed by atoms with Gasteiger partial charge in [0.1, 0.15) is 0 Å². The van der Waals surface area contributed by atoms with Crippen LogP contribution in [-0.2, 0) is 6.18 Å². The molecule has 16 heavy (non-hydrogen) atoms. The van der Waals surface area contributed by atoms with E-state index in [1.165, 1.54) is 17.6 Å². The number of halogens is 4. The van der Waals surface area contributed by atoms with E-state index in [1.54, 1.807) is 0 Å². The van der Waals surface area contributed by atoms with Gasteiger partial charge in [-0.2, -0.15) is 13.2 Å². The Balaban J connectivity index is 3.18. The zero-order valence-corrected chi connectivity index (χ0v) is 9.30. The molecule has 0 radical (unpaired) electrons. The van der Waals surface area contributed by atoms with Gasteiger partial charge in [-0.25, -0.2) is 10.5 Å². The van der Waals surface area contributed by atoms with Crippen LogP contribution in [0.15, 0.2) is 27.7 Å². The van der Waals surface area contributed by atoms with E-state index < -0.39 is 17.7 Å². The van der Waals surface area contributed by atoms with E-state index >= 15 is 0 Å². The van der Waals surface area contributed by atoms with Gasteiger partial charge in [-0.15, -0.1) is 0 Å². The van der Waals surface area contributed by atoms with Gasteiger partial charge in [0.25, 0.3) is 0 Å². The molecule has 88 valence electrons. The number of hydrogen-bond acceptors (Lipinski definition) is 2. The van der Waals surface area contributed by atoms with Crippen LogP contribution in [0.25, 0.3) is 0 Å². The van der Waals surface area contributed by atoms with Crippen LogP contribution in [0.4, 0.5) is 18.9 Å². The molecule has 1 aromatic rings. The van der Waals surface area contributed by atoms with E-state index in [1.807, 2.05) is 0 Å². The summed E-state index contributed by atoms with van der Waals surface area (Å²) in [6.07, 6.45) is -4.48. The quantitative estimate of drug-likeness (QED) is 0.423. The number of alkyl halides is 3. The number of rotatable bonds is 1. The minimum atomic E-state index is -4.48. The van der Waals surface area contributed by atoms with Crippen LogP contribution in [-0.4, -0.2) is 11.2 Å². The van der Waals surface area contributed by atoms with Crippen molar-refractivity contribution in [3.05, 3.63) is 28.2 Å². The van der Waals surface area contributed by atoms with Gasteiger partial charge in [0.15, 0.2) is 0 Å². The summed E-state index contributed by atoms with van der Waals surface area (Å²) in [5.74, 6) is -0.393. The zero-order valence-electron chi connectivity index (χ0n) is 7.72. The number of benzene rings is 1. The minimum Gasteiger partial charge on any atom is -0.368 e. The molecule has 0 saturated carbocycles. The molecule has 0 aliphatic heterocycles. The number of nitrogens with zero attached hydrogens (tertiary/aromatic N) is 1. The first-order valence-corrected chi connectivity index (χ1v) is 4.75. The van der Waals surface area contributed by atoms with Crippen LogP contribution >= 0.6 is 15.9 Å². The van der Waals surface area contributed by atoms with Gasteiger partial charge in [0.2, 0.25) is 5.96 Å². The first kappa shape index (κ1) is 12.8. The fourth-order valence-corrected chi connectivity index (χ4v) is 1.44. The van der Waals surface area contributed by atoms with E-state index in [9.17, 15) is 13.2 Å². The molecule has 0 amide bonds. The molecule has 1 rings (SSSR count). The van der Waals surface area contributed by atoms with Crippen LogP contribution in [0.5, 0.6) is 0 Å². The van der Waals surface area contributed by atoms with Crippen LogP contribution in [0, 0.1) is 0 Å². The van der Waals surface area contributed by atoms with Crippen molar-refractivity contribution in [1.82, 2.24) is 5.48 Å². The maximum atomic E-state index is 12.5. The van der Waals surface area contributed by atoms with Crippen molar-refractivity contribution in [2.24, 2.45) is 10.7 Å². The van der Waals surface area contributed by atoms with Crippen LogP contribution in [0.1, 0.15) is 5.56 Å². The third kappa shape index (κ3) is 3.11. The number of guanidine groups is 1. The van der Waals surface area contributed by atoms with Crippen molar-refractivity contribution in [3.63, 3.8) is 0 Å². The van der Waals surface area contributed by atoms with Gasteiger partial charge in [0, 0.05) is 4.47 Å². The Morgan fingerprint density at radius 3 is 2.56 bits per heavy atom. The molecular formula is C8H7BrF3N3O. The molecule has 1 aromatic carbocycles. The number of hydroxylamine groups is 1. The second-order valence-electron chi connectivity index (χ2n) is 2.77. The van der Waals surface area contributed by atoms with E-state index in [2.05, 4.69) is 20.9 Å². The Kier molecular flexibility index (Phi) is 3.76. The first-order chi connectivity index (χ1) is 7.34. The van der Waals surface area contributed by atoms with E-state index in [0.29, 0.717) is 0 Å². The molecule has 8 heteroatoms. The molecule has 0 saturated heterocycles. The van der Waals surface area contributed by atoms with Crippen molar-refractivity contribution in [2.45, 2.75) is 6.18 Å². The lowest BCUT2D eigenvalue weighted by molar-refractivity contribution is -0.138. The molecular weight excluding hydrogens is 291 g/mol. The lowest BCUT2D eigenvalue weighted by atomic mass is 10.2. The van der Waals surface area contributed by atoms with E-state index in [4.69, 9.17) is 10.9 Å². The van der Waals surface area contributed by atoms with Gasteiger partial charge in [-0.05, 0) is 18.2 Å². The Labute approximate surface area is 97.1 Å². The molecule has 0 aromatic heterocycles. The highest BCUT2D eigenvalue weighted by atomic mass is 79.9. The van der Waals surface area contributed by atoms with Crippen molar-refractivity contribution in [1.29, 1.82) is 0 Å². The molecule has 0 spiro atoms. The van der Waals surface area contributed by atoms with Crippen LogP contribution in [0.2, 0.25) is 0 Å². The molecule has 4 N–H and O–H groups in total. The summed E-state index contributed by atoms with van der Waals surface area (Å²) in [6.45, 7) is 0. The topological polar surface area (TPSA) is 70.6 Å². The largest absolute Gasteiger partial charge is 0.417 e. The fraction of sp³-hybridized carbons (Fsp3) is 0.125. The van der Waals surface area contributed by atoms with Gasteiger partial charge >= 0.3 is 6.18 Å². The average molecular weight is 298 g/mol. The number of nitrogens with two attached hydrogens (primary N) is 1. The standard InChI is InChI=1S/C8H7BrF3N3O/c9-6-2-1-4(14-7(13)15-16)3-5(6)8(10,11)12/h1-3,16H,(H3,13,14,15). The van der Waals surface area contributed by atoms with Crippen molar-refractivity contribution in [2.75, 3.05) is 0 Å². The molecule has 0 fully saturated rings. The van der Waals surface area contributed by atoms with Crippen molar-refractivity contribution >= 4 is 27.6 Å². The normalized spacial score (nSPS) is 12.7. The first-order valence-electron chi connectivity index (χ1n) is 3.95. The predicted molar refractivity (Wildman–Crippen MR) is 55.3 cm³/mol. The zero-order chi connectivity index (χ0) is 12.3. The maximum absolute atomic E-state index is 12.5. The van der Waals surface area contributed by atoms with Crippen molar-refractivity contribution in [3.8, 4) is 0 Å². The Morgan fingerprint density at radius 2 is 2.06 bits per heavy atom. The summed E-state index contributed by atoms with van der Waals surface area (Å²) in [7, 11) is 0. The van der Waals surface area contributed by atoms with Gasteiger partial charge in [-0.1, -0.05) is 15.9 Å². The predicted octanol–water partition coefficient (Wildman–Crippen LogP) is 2.39. The summed E-state index contributed by atoms with van der Waals surface area (Å²) < 4.78 is 37.3. The summed E-state index contributed by atoms with van der Waals surface area (Å²) in [6, 6.07) is 3.34. The second kappa shape index (κ2) is 4.71. The summed E-state index contributed by atoms with van der Waals surface area (Å²) in [5, 5.41) is 8.34. The van der Waals surface area contributed by atoms with Crippen molar-refractivity contribution < 1.29 is 18.4 Å². The lowest BCUT2D eigenvalue weighted by Gasteiger charge is -2.09. The van der Waals surface area contributed by atoms with E-state index in [0.717, 1.165) is 6.07 Å². The van der Waals surface area contributed by atoms with Crippen LogP contribution < -0.4 is 11.2 Å². The van der Waals surface area contributed by atoms with E-state index in [-0.39, 0.29) is 10.2 Å². The van der Waals surface area contributed by atoms with Gasteiger partial charge in [0.05, 0.1) is 11.3 Å². The Hall–Kier alpha value is -1.28. The van der Waals surface area contributed by atoms with Gasteiger partial charge in [-0.3, -0.25) is 5.21 Å². The van der Waals surface area contributed by atoms with Crippen LogP contribution in [0.3, 0.4) is 0 Å². The third-order valence-electron chi connectivity index (χ3n) is 1.62. The number of nitrogens with one attached hydrogen (secondary N) is 1. The lowest BCUT2D eigenvalue weighted by Crippen LogP contribution is -2.27. The Bertz CT molecular complexity index is 419. The molecule has 0 heterocycles. The number of hydrogen-bond donors (Lipinski definition) is 3. The molecule has 0 aliphatic rings. The summed E-state index contributed by atoms with van der Waals surface area (Å²) in [5.41, 5.74) is 5.74. The molecule has 0 bridgehead atoms. The molecule has 4 nitrogen and oxygen atoms in total. The Morgan fingerprint density at radius 1 is 1.44 bits per heavy atom. The SMILES string of the molecule is NC(=Nc1ccc(Br)c(C(F)(F)F)c1)NO. The molecule has 0 atom stereocenters. The summed E-state index contributed by atoms with van der Waals surface area (Å²) >= 11 is 2.78. The highest BCUT2D eigenvalue weighted by Crippen LogP contribution is 2.36. The smallest absolute Gasteiger partial charge is 0.368 e. The molecule has 0 unspecified atom stereocenters. The van der Waals surface area contributed by atoms with Gasteiger partial charge < -0.3 is 5.73 Å². The minimum absolute atomic E-state index is 0.0189. The average Bonchev–Trinajstić information content (AvgIpc) is 2.19. The molecule has 0 aliphatic carbocycles. The highest BCUT2D eigenvalue weighted by molar-refractivity contribution is 9.10. The highest BCUT2D eigenvalue weighted by Gasteiger charge is 2.33. The summed E-state index contributed by atoms with van der Waals surface area (Å²) in [4.78, 5) is 3.51. The fourth-order valence-electron chi connectivity index (χ4n) is 0.964. The monoisotopic (exact) mass is 297 g/mol. The third-order valence-corrected chi connectivity index (χ3v) is 2.31. The second-order valence-corrected chi connectivity index (χ2v) is 3.63. The maximum Gasteiger partial charge on any atom is 0.417 e. The number of aliphatic imine (C=N–C) groups is 1.